The summed E-state index contributed by atoms with van der Waals surface area (Å²) in [5.41, 5.74) is 8.24. The summed E-state index contributed by atoms with van der Waals surface area (Å²) >= 11 is 2.42. The zero-order valence-corrected chi connectivity index (χ0v) is 23.6. The van der Waals surface area contributed by atoms with Gasteiger partial charge in [0, 0.05) is 29.0 Å². The normalized spacial score (nSPS) is 17.4. The second-order valence-electron chi connectivity index (χ2n) is 9.24. The molecule has 2 heterocycles. The van der Waals surface area contributed by atoms with Gasteiger partial charge in [0.2, 0.25) is 5.13 Å². The molecule has 0 radical (unpaired) electrons. The molecule has 0 unspecified atom stereocenters. The Morgan fingerprint density at radius 2 is 1.95 bits per heavy atom. The number of hydrogen-bond acceptors (Lipinski definition) is 10. The number of nitriles is 1. The van der Waals surface area contributed by atoms with Crippen molar-refractivity contribution in [1.29, 1.82) is 5.26 Å². The molecule has 2 aliphatic rings. The summed E-state index contributed by atoms with van der Waals surface area (Å²) in [5.74, 6) is 0.379. The van der Waals surface area contributed by atoms with Gasteiger partial charge < -0.3 is 15.2 Å². The van der Waals surface area contributed by atoms with E-state index in [9.17, 15) is 23.2 Å². The molecule has 3 aromatic rings. The smallest absolute Gasteiger partial charge is 0.416 e. The number of para-hydroxylation sites is 1. The quantitative estimate of drug-likeness (QED) is 0.318. The zero-order chi connectivity index (χ0) is 29.3. The van der Waals surface area contributed by atoms with Crippen LogP contribution in [0.15, 0.2) is 69.5 Å². The molecule has 0 spiro atoms. The lowest BCUT2D eigenvalue weighted by molar-refractivity contribution is -0.137. The van der Waals surface area contributed by atoms with Crippen LogP contribution < -0.4 is 20.1 Å². The Hall–Kier alpha value is -4.02. The fourth-order valence-corrected chi connectivity index (χ4v) is 6.91. The number of nitrogens with two attached hydrogens (primary N) is 1. The monoisotopic (exact) mass is 599 g/mol. The number of anilines is 1. The Balaban J connectivity index is 1.52. The highest BCUT2D eigenvalue weighted by Crippen LogP contribution is 2.50. The van der Waals surface area contributed by atoms with Crippen LogP contribution in [0.3, 0.4) is 0 Å². The maximum Gasteiger partial charge on any atom is 0.416 e. The largest absolute Gasteiger partial charge is 0.493 e. The van der Waals surface area contributed by atoms with Crippen molar-refractivity contribution in [3.63, 3.8) is 0 Å². The summed E-state index contributed by atoms with van der Waals surface area (Å²) in [7, 11) is 3.00. The number of nitrogens with zero attached hydrogens (tertiary/aromatic N) is 4. The van der Waals surface area contributed by atoms with Crippen LogP contribution in [0.5, 0.6) is 11.5 Å². The van der Waals surface area contributed by atoms with Gasteiger partial charge in [-0.05, 0) is 30.5 Å². The van der Waals surface area contributed by atoms with Crippen LogP contribution in [0.1, 0.15) is 41.9 Å². The minimum atomic E-state index is -4.43. The zero-order valence-electron chi connectivity index (χ0n) is 22.0. The van der Waals surface area contributed by atoms with E-state index in [0.717, 1.165) is 12.1 Å². The van der Waals surface area contributed by atoms with Crippen LogP contribution in [0.2, 0.25) is 0 Å². The van der Waals surface area contributed by atoms with Crippen molar-refractivity contribution in [3.8, 4) is 17.6 Å². The molecule has 1 aliphatic carbocycles. The number of methoxy groups -OCH3 is 2. The van der Waals surface area contributed by atoms with E-state index in [1.165, 1.54) is 43.4 Å². The number of alkyl halides is 3. The van der Waals surface area contributed by atoms with E-state index in [4.69, 9.17) is 15.2 Å². The van der Waals surface area contributed by atoms with Gasteiger partial charge in [0.05, 0.1) is 37.3 Å². The first-order chi connectivity index (χ1) is 19.7. The molecule has 2 aromatic carbocycles. The van der Waals surface area contributed by atoms with E-state index in [1.54, 1.807) is 29.2 Å². The number of benzene rings is 2. The lowest BCUT2D eigenvalue weighted by atomic mass is 9.75. The number of halogens is 3. The summed E-state index contributed by atoms with van der Waals surface area (Å²) in [5, 5.41) is 19.1. The Kier molecular flexibility index (Phi) is 7.97. The number of thioether (sulfide) groups is 1. The van der Waals surface area contributed by atoms with Gasteiger partial charge in [-0.2, -0.15) is 18.4 Å². The number of allylic oxidation sites excluding steroid dienone is 3. The summed E-state index contributed by atoms with van der Waals surface area (Å²) in [6.07, 6.45) is -2.98. The van der Waals surface area contributed by atoms with Crippen LogP contribution in [0.25, 0.3) is 0 Å². The average molecular weight is 600 g/mol. The SMILES string of the molecule is COc1cccc([C@@H]2C(C#N)=C(N)N(c3nnc(SCc4cccc(C(F)(F)F)c4)s3)C3=C2C(=O)CCC3)c1OC. The van der Waals surface area contributed by atoms with Crippen LogP contribution in [-0.4, -0.2) is 30.2 Å². The second kappa shape index (κ2) is 11.5. The average Bonchev–Trinajstić information content (AvgIpc) is 3.43. The molecule has 13 heteroatoms. The van der Waals surface area contributed by atoms with Gasteiger partial charge >= 0.3 is 6.18 Å². The highest BCUT2D eigenvalue weighted by atomic mass is 32.2. The Morgan fingerprint density at radius 1 is 1.17 bits per heavy atom. The van der Waals surface area contributed by atoms with Crippen LogP contribution >= 0.6 is 23.1 Å². The predicted molar refractivity (Wildman–Crippen MR) is 148 cm³/mol. The van der Waals surface area contributed by atoms with E-state index in [1.807, 2.05) is 0 Å². The van der Waals surface area contributed by atoms with E-state index < -0.39 is 17.7 Å². The van der Waals surface area contributed by atoms with Crippen molar-refractivity contribution >= 4 is 34.0 Å². The van der Waals surface area contributed by atoms with E-state index >= 15 is 0 Å². The topological polar surface area (TPSA) is 114 Å². The molecule has 1 aromatic heterocycles. The molecule has 212 valence electrons. The highest BCUT2D eigenvalue weighted by Gasteiger charge is 2.42. The molecule has 8 nitrogen and oxygen atoms in total. The molecule has 1 aliphatic heterocycles. The fourth-order valence-electron chi connectivity index (χ4n) is 5.09. The molecule has 2 N–H and O–H groups in total. The van der Waals surface area contributed by atoms with Gasteiger partial charge in [0.25, 0.3) is 0 Å². The minimum Gasteiger partial charge on any atom is -0.493 e. The summed E-state index contributed by atoms with van der Waals surface area (Å²) in [6, 6.07) is 12.6. The third-order valence-corrected chi connectivity index (χ3v) is 8.97. The highest BCUT2D eigenvalue weighted by molar-refractivity contribution is 8.00. The fraction of sp³-hybridized carbons (Fsp3) is 0.286. The lowest BCUT2D eigenvalue weighted by Crippen LogP contribution is -2.38. The first-order valence-electron chi connectivity index (χ1n) is 12.5. The number of aromatic nitrogens is 2. The lowest BCUT2D eigenvalue weighted by Gasteiger charge is -2.38. The maximum absolute atomic E-state index is 13.4. The number of carbonyl (C=O) groups is 1. The molecular formula is C28H24F3N5O3S2. The summed E-state index contributed by atoms with van der Waals surface area (Å²) in [4.78, 5) is 15.0. The standard InChI is InChI=1S/C28H24F3N5O3S2/c1-38-21-11-4-8-17(24(21)39-2)22-18(13-32)25(33)36(19-9-5-10-20(37)23(19)22)26-34-35-27(41-26)40-14-15-6-3-7-16(12-15)28(29,30)31/h3-4,6-8,11-12,22H,5,9-10,14,33H2,1-2H3/t22-/m1/s1. The van der Waals surface area contributed by atoms with E-state index in [-0.39, 0.29) is 22.9 Å². The summed E-state index contributed by atoms with van der Waals surface area (Å²) in [6.45, 7) is 0. The number of ether oxygens (including phenoxy) is 2. The second-order valence-corrected chi connectivity index (χ2v) is 11.4. The molecular weight excluding hydrogens is 575 g/mol. The molecule has 0 amide bonds. The molecule has 0 saturated carbocycles. The molecule has 1 atom stereocenters. The predicted octanol–water partition coefficient (Wildman–Crippen LogP) is 6.17. The number of ketones is 1. The van der Waals surface area contributed by atoms with Crippen molar-refractivity contribution in [1.82, 2.24) is 10.2 Å². The number of rotatable bonds is 7. The molecule has 0 bridgehead atoms. The van der Waals surface area contributed by atoms with Gasteiger partial charge in [-0.3, -0.25) is 9.69 Å². The third-order valence-electron chi connectivity index (χ3n) is 6.86. The Bertz CT molecular complexity index is 1610. The number of carbonyl (C=O) groups excluding carboxylic acids is 1. The van der Waals surface area contributed by atoms with Crippen molar-refractivity contribution in [2.45, 2.75) is 41.4 Å². The Labute approximate surface area is 242 Å². The van der Waals surface area contributed by atoms with Crippen LogP contribution in [0, 0.1) is 11.3 Å². The van der Waals surface area contributed by atoms with Gasteiger partial charge in [-0.25, -0.2) is 0 Å². The number of Topliss-reactive ketones (excluding diaryl/α,β-unsaturated/α-hetero) is 1. The van der Waals surface area contributed by atoms with Gasteiger partial charge in [-0.15, -0.1) is 10.2 Å². The number of hydrogen-bond donors (Lipinski definition) is 1. The minimum absolute atomic E-state index is 0.102. The van der Waals surface area contributed by atoms with Crippen molar-refractivity contribution in [2.75, 3.05) is 19.1 Å². The van der Waals surface area contributed by atoms with Gasteiger partial charge in [0.15, 0.2) is 21.6 Å². The van der Waals surface area contributed by atoms with Gasteiger partial charge in [0.1, 0.15) is 5.82 Å². The van der Waals surface area contributed by atoms with Crippen molar-refractivity contribution in [2.24, 2.45) is 5.73 Å². The third kappa shape index (κ3) is 5.37. The molecule has 41 heavy (non-hydrogen) atoms. The molecule has 0 fully saturated rings. The van der Waals surface area contributed by atoms with Crippen LogP contribution in [-0.2, 0) is 16.7 Å². The van der Waals surface area contributed by atoms with Crippen molar-refractivity contribution in [3.05, 3.63) is 81.8 Å². The first-order valence-corrected chi connectivity index (χ1v) is 14.3. The molecule has 0 saturated heterocycles. The van der Waals surface area contributed by atoms with E-state index in [0.29, 0.717) is 62.6 Å². The molecule has 5 rings (SSSR count). The maximum atomic E-state index is 13.4. The summed E-state index contributed by atoms with van der Waals surface area (Å²) < 4.78 is 50.9. The van der Waals surface area contributed by atoms with Gasteiger partial charge in [-0.1, -0.05) is 53.4 Å². The Morgan fingerprint density at radius 3 is 2.66 bits per heavy atom. The van der Waals surface area contributed by atoms with Crippen molar-refractivity contribution < 1.29 is 27.4 Å². The van der Waals surface area contributed by atoms with Crippen LogP contribution in [0.4, 0.5) is 18.3 Å². The van der Waals surface area contributed by atoms with E-state index in [2.05, 4.69) is 16.3 Å². The first kappa shape index (κ1) is 28.5.